The Hall–Kier alpha value is -1.43. The molecule has 4 rings (SSSR count). The van der Waals surface area contributed by atoms with Crippen LogP contribution in [0.2, 0.25) is 5.02 Å². The first-order chi connectivity index (χ1) is 11.7. The molecule has 5 nitrogen and oxygen atoms in total. The number of aromatic nitrogens is 3. The van der Waals surface area contributed by atoms with Gasteiger partial charge in [0, 0.05) is 23.2 Å². The third-order valence-electron chi connectivity index (χ3n) is 5.03. The van der Waals surface area contributed by atoms with Crippen molar-refractivity contribution in [2.45, 2.75) is 50.7 Å². The maximum atomic E-state index is 6.00. The zero-order chi connectivity index (χ0) is 16.6. The molecule has 0 spiro atoms. The van der Waals surface area contributed by atoms with Gasteiger partial charge >= 0.3 is 0 Å². The van der Waals surface area contributed by atoms with Crippen LogP contribution >= 0.6 is 11.6 Å². The van der Waals surface area contributed by atoms with Gasteiger partial charge < -0.3 is 14.6 Å². The van der Waals surface area contributed by atoms with E-state index in [1.807, 2.05) is 19.1 Å². The number of ether oxygens (including phenoxy) is 1. The Morgan fingerprint density at radius 3 is 2.75 bits per heavy atom. The molecule has 0 amide bonds. The first-order valence-electron chi connectivity index (χ1n) is 8.63. The minimum Gasteiger partial charge on any atom is -0.379 e. The zero-order valence-corrected chi connectivity index (χ0v) is 14.7. The summed E-state index contributed by atoms with van der Waals surface area (Å²) in [4.78, 5) is 0. The lowest BCUT2D eigenvalue weighted by Gasteiger charge is -2.29. The zero-order valence-electron chi connectivity index (χ0n) is 14.0. The first-order valence-corrected chi connectivity index (χ1v) is 9.01. The SMILES string of the molecule is Cc1nnc(CNC2(Cc3ccc(Cl)cc3)CCOC2)n1C1CC1. The highest BCUT2D eigenvalue weighted by Crippen LogP contribution is 2.36. The van der Waals surface area contributed by atoms with Gasteiger partial charge in [-0.3, -0.25) is 0 Å². The van der Waals surface area contributed by atoms with Crippen LogP contribution in [0.25, 0.3) is 0 Å². The maximum Gasteiger partial charge on any atom is 0.147 e. The first kappa shape index (κ1) is 16.1. The number of aryl methyl sites for hydroxylation is 1. The van der Waals surface area contributed by atoms with Crippen molar-refractivity contribution in [2.75, 3.05) is 13.2 Å². The van der Waals surface area contributed by atoms with Gasteiger partial charge in [-0.15, -0.1) is 10.2 Å². The number of nitrogens with one attached hydrogen (secondary N) is 1. The van der Waals surface area contributed by atoms with E-state index in [4.69, 9.17) is 16.3 Å². The minimum absolute atomic E-state index is 0.0396. The summed E-state index contributed by atoms with van der Waals surface area (Å²) in [6, 6.07) is 8.70. The van der Waals surface area contributed by atoms with Gasteiger partial charge in [-0.2, -0.15) is 0 Å². The second kappa shape index (κ2) is 6.47. The van der Waals surface area contributed by atoms with E-state index in [-0.39, 0.29) is 5.54 Å². The third-order valence-corrected chi connectivity index (χ3v) is 5.28. The normalized spacial score (nSPS) is 23.8. The Bertz CT molecular complexity index is 702. The van der Waals surface area contributed by atoms with E-state index in [2.05, 4.69) is 32.2 Å². The predicted octanol–water partition coefficient (Wildman–Crippen LogP) is 3.07. The number of nitrogens with zero attached hydrogens (tertiary/aromatic N) is 3. The van der Waals surface area contributed by atoms with Crippen LogP contribution in [0.1, 0.15) is 42.5 Å². The van der Waals surface area contributed by atoms with E-state index in [1.165, 1.54) is 18.4 Å². The van der Waals surface area contributed by atoms with Crippen LogP contribution in [-0.2, 0) is 17.7 Å². The molecule has 1 aliphatic heterocycles. The van der Waals surface area contributed by atoms with Crippen LogP contribution in [0.3, 0.4) is 0 Å². The molecule has 0 radical (unpaired) electrons. The van der Waals surface area contributed by atoms with E-state index >= 15 is 0 Å². The molecule has 1 aromatic heterocycles. The van der Waals surface area contributed by atoms with Crippen LogP contribution in [0.15, 0.2) is 24.3 Å². The number of hydrogen-bond acceptors (Lipinski definition) is 4. The molecule has 24 heavy (non-hydrogen) atoms. The van der Waals surface area contributed by atoms with E-state index in [0.29, 0.717) is 6.04 Å². The number of hydrogen-bond donors (Lipinski definition) is 1. The smallest absolute Gasteiger partial charge is 0.147 e. The van der Waals surface area contributed by atoms with Crippen molar-refractivity contribution in [3.63, 3.8) is 0 Å². The predicted molar refractivity (Wildman–Crippen MR) is 93.2 cm³/mol. The summed E-state index contributed by atoms with van der Waals surface area (Å²) in [6.07, 6.45) is 4.42. The fourth-order valence-electron chi connectivity index (χ4n) is 3.55. The van der Waals surface area contributed by atoms with Crippen LogP contribution in [-0.4, -0.2) is 33.5 Å². The van der Waals surface area contributed by atoms with Crippen molar-refractivity contribution in [3.8, 4) is 0 Å². The Morgan fingerprint density at radius 1 is 1.29 bits per heavy atom. The molecule has 2 fully saturated rings. The summed E-state index contributed by atoms with van der Waals surface area (Å²) in [7, 11) is 0. The minimum atomic E-state index is -0.0396. The summed E-state index contributed by atoms with van der Waals surface area (Å²) >= 11 is 6.00. The molecule has 1 saturated heterocycles. The lowest BCUT2D eigenvalue weighted by molar-refractivity contribution is 0.164. The molecule has 1 unspecified atom stereocenters. The highest BCUT2D eigenvalue weighted by Gasteiger charge is 2.36. The summed E-state index contributed by atoms with van der Waals surface area (Å²) < 4.78 is 8.00. The molecule has 1 atom stereocenters. The van der Waals surface area contributed by atoms with Crippen molar-refractivity contribution in [3.05, 3.63) is 46.5 Å². The van der Waals surface area contributed by atoms with E-state index in [0.717, 1.165) is 49.3 Å². The highest BCUT2D eigenvalue weighted by atomic mass is 35.5. The number of halogens is 1. The molecule has 6 heteroatoms. The number of rotatable bonds is 6. The fourth-order valence-corrected chi connectivity index (χ4v) is 3.68. The van der Waals surface area contributed by atoms with Crippen LogP contribution in [0.5, 0.6) is 0 Å². The highest BCUT2D eigenvalue weighted by molar-refractivity contribution is 6.30. The Labute approximate surface area is 147 Å². The molecular formula is C18H23ClN4O. The van der Waals surface area contributed by atoms with Gasteiger partial charge in [-0.05, 0) is 50.3 Å². The topological polar surface area (TPSA) is 52.0 Å². The van der Waals surface area contributed by atoms with E-state index in [1.54, 1.807) is 0 Å². The van der Waals surface area contributed by atoms with Crippen LogP contribution in [0, 0.1) is 6.92 Å². The molecule has 2 aliphatic rings. The summed E-state index contributed by atoms with van der Waals surface area (Å²) in [6.45, 7) is 4.30. The number of benzene rings is 1. The summed E-state index contributed by atoms with van der Waals surface area (Å²) in [5.41, 5.74) is 1.24. The summed E-state index contributed by atoms with van der Waals surface area (Å²) in [5, 5.41) is 13.2. The fraction of sp³-hybridized carbons (Fsp3) is 0.556. The van der Waals surface area contributed by atoms with Gasteiger partial charge in [-0.25, -0.2) is 0 Å². The van der Waals surface area contributed by atoms with Gasteiger partial charge in [0.2, 0.25) is 0 Å². The van der Waals surface area contributed by atoms with Gasteiger partial charge in [0.1, 0.15) is 11.6 Å². The quantitative estimate of drug-likeness (QED) is 0.873. The van der Waals surface area contributed by atoms with Gasteiger partial charge in [0.05, 0.1) is 13.2 Å². The molecule has 2 aromatic rings. The molecule has 1 aromatic carbocycles. The molecule has 0 bridgehead atoms. The molecule has 1 saturated carbocycles. The van der Waals surface area contributed by atoms with Crippen molar-refractivity contribution in [2.24, 2.45) is 0 Å². The molecule has 1 N–H and O–H groups in total. The van der Waals surface area contributed by atoms with Crippen molar-refractivity contribution < 1.29 is 4.74 Å². The monoisotopic (exact) mass is 346 g/mol. The molecule has 1 aliphatic carbocycles. The van der Waals surface area contributed by atoms with E-state index in [9.17, 15) is 0 Å². The average molecular weight is 347 g/mol. The molecular weight excluding hydrogens is 324 g/mol. The van der Waals surface area contributed by atoms with E-state index < -0.39 is 0 Å². The van der Waals surface area contributed by atoms with Crippen molar-refractivity contribution in [1.29, 1.82) is 0 Å². The maximum absolute atomic E-state index is 6.00. The standard InChI is InChI=1S/C18H23ClN4O/c1-13-21-22-17(23(13)16-6-7-16)11-20-18(8-9-24-12-18)10-14-2-4-15(19)5-3-14/h2-5,16,20H,6-12H2,1H3. The Balaban J connectivity index is 1.48. The second-order valence-electron chi connectivity index (χ2n) is 7.00. The van der Waals surface area contributed by atoms with Gasteiger partial charge in [0.15, 0.2) is 0 Å². The summed E-state index contributed by atoms with van der Waals surface area (Å²) in [5.74, 6) is 2.06. The Morgan fingerprint density at radius 2 is 2.08 bits per heavy atom. The largest absolute Gasteiger partial charge is 0.379 e. The molecule has 128 valence electrons. The lowest BCUT2D eigenvalue weighted by Crippen LogP contribution is -2.47. The average Bonchev–Trinajstić information content (AvgIpc) is 3.19. The second-order valence-corrected chi connectivity index (χ2v) is 7.44. The van der Waals surface area contributed by atoms with Crippen LogP contribution in [0.4, 0.5) is 0 Å². The van der Waals surface area contributed by atoms with Crippen molar-refractivity contribution >= 4 is 11.6 Å². The lowest BCUT2D eigenvalue weighted by atomic mass is 9.90. The molecule has 2 heterocycles. The van der Waals surface area contributed by atoms with Gasteiger partial charge in [-0.1, -0.05) is 23.7 Å². The van der Waals surface area contributed by atoms with Crippen molar-refractivity contribution in [1.82, 2.24) is 20.1 Å². The Kier molecular flexibility index (Phi) is 4.33. The van der Waals surface area contributed by atoms with Gasteiger partial charge in [0.25, 0.3) is 0 Å². The van der Waals surface area contributed by atoms with Crippen LogP contribution < -0.4 is 5.32 Å². The third kappa shape index (κ3) is 3.34.